The van der Waals surface area contributed by atoms with Crippen molar-refractivity contribution in [2.24, 2.45) is 9.98 Å². The smallest absolute Gasteiger partial charge is 0.175 e. The van der Waals surface area contributed by atoms with E-state index in [4.69, 9.17) is 15.0 Å². The molecule has 4 aliphatic rings. The van der Waals surface area contributed by atoms with Crippen molar-refractivity contribution in [2.45, 2.75) is 37.6 Å². The molecule has 2 aromatic heterocycles. The lowest BCUT2D eigenvalue weighted by Gasteiger charge is -2.30. The third-order valence-electron chi connectivity index (χ3n) is 11.5. The number of hydrogen-bond acceptors (Lipinski definition) is 5. The van der Waals surface area contributed by atoms with E-state index in [1.165, 1.54) is 33.1 Å². The van der Waals surface area contributed by atoms with Crippen molar-refractivity contribution in [1.82, 2.24) is 14.5 Å². The molecule has 0 saturated carbocycles. The molecule has 3 aliphatic heterocycles. The number of aliphatic imine (C=N–C) groups is 2. The van der Waals surface area contributed by atoms with E-state index < -0.39 is 0 Å². The maximum atomic E-state index is 5.08. The van der Waals surface area contributed by atoms with Gasteiger partial charge in [-0.25, -0.2) is 9.97 Å². The fourth-order valence-electron chi connectivity index (χ4n) is 8.86. The molecule has 0 saturated heterocycles. The first-order valence-electron chi connectivity index (χ1n) is 19.6. The van der Waals surface area contributed by atoms with Crippen LogP contribution >= 0.6 is 0 Å². The molecule has 6 nitrogen and oxygen atoms in total. The molecule has 0 fully saturated rings. The fourth-order valence-corrected chi connectivity index (χ4v) is 8.86. The number of allylic oxidation sites excluding steroid dienone is 4. The highest BCUT2D eigenvalue weighted by Crippen LogP contribution is 2.49. The van der Waals surface area contributed by atoms with Gasteiger partial charge in [0.1, 0.15) is 0 Å². The molecule has 5 aromatic carbocycles. The summed E-state index contributed by atoms with van der Waals surface area (Å²) >= 11 is 0. The summed E-state index contributed by atoms with van der Waals surface area (Å²) in [6.45, 7) is 0. The van der Waals surface area contributed by atoms with E-state index in [2.05, 4.69) is 172 Å². The molecule has 5 heterocycles. The van der Waals surface area contributed by atoms with Crippen LogP contribution in [-0.2, 0) is 0 Å². The monoisotopic (exact) mass is 722 g/mol. The van der Waals surface area contributed by atoms with Gasteiger partial charge in [-0.05, 0) is 84.8 Å². The third-order valence-corrected chi connectivity index (χ3v) is 11.5. The van der Waals surface area contributed by atoms with Crippen molar-refractivity contribution in [2.75, 3.05) is 4.90 Å². The Labute approximate surface area is 325 Å². The molecule has 2 unspecified atom stereocenters. The molecule has 1 aliphatic carbocycles. The normalized spacial score (nSPS) is 18.3. The number of benzene rings is 5. The number of fused-ring (bicyclic) bond motifs is 6. The fraction of sp³-hybridized carbons (Fsp3) is 0.120. The molecular formula is C50H38N6. The Kier molecular flexibility index (Phi) is 7.80. The highest BCUT2D eigenvalue weighted by Gasteiger charge is 2.37. The number of rotatable bonds is 6. The summed E-state index contributed by atoms with van der Waals surface area (Å²) in [7, 11) is 0. The Balaban J connectivity index is 1.07. The van der Waals surface area contributed by atoms with Gasteiger partial charge < -0.3 is 9.47 Å². The SMILES string of the molecule is C1=CC2c3ccccc3N(c3cc(-c4ccc(-c5cc(C6=CCCC=N6)nc(C6=NC=CCC6)n5)cc4)cc(-n4c5ccccc5c5ccccc54)c3)C2C=C1. The van der Waals surface area contributed by atoms with E-state index in [1.807, 2.05) is 12.4 Å². The van der Waals surface area contributed by atoms with Crippen LogP contribution < -0.4 is 4.90 Å². The zero-order valence-electron chi connectivity index (χ0n) is 30.8. The molecule has 0 radical (unpaired) electrons. The molecule has 6 heteroatoms. The molecule has 2 atom stereocenters. The van der Waals surface area contributed by atoms with Gasteiger partial charge in [-0.2, -0.15) is 0 Å². The summed E-state index contributed by atoms with van der Waals surface area (Å²) in [5.41, 5.74) is 14.1. The van der Waals surface area contributed by atoms with Crippen molar-refractivity contribution < 1.29 is 0 Å². The Morgan fingerprint density at radius 2 is 1.34 bits per heavy atom. The molecule has 0 amide bonds. The number of aromatic nitrogens is 3. The first-order valence-corrected chi connectivity index (χ1v) is 19.6. The third kappa shape index (κ3) is 5.48. The zero-order valence-corrected chi connectivity index (χ0v) is 30.8. The lowest BCUT2D eigenvalue weighted by atomic mass is 9.91. The van der Waals surface area contributed by atoms with Crippen LogP contribution in [0.2, 0.25) is 0 Å². The van der Waals surface area contributed by atoms with Gasteiger partial charge in [0.15, 0.2) is 5.82 Å². The van der Waals surface area contributed by atoms with Gasteiger partial charge >= 0.3 is 0 Å². The predicted octanol–water partition coefficient (Wildman–Crippen LogP) is 11.9. The second-order valence-electron chi connectivity index (χ2n) is 14.8. The van der Waals surface area contributed by atoms with Crippen LogP contribution in [0.25, 0.3) is 55.6 Å². The minimum absolute atomic E-state index is 0.190. The minimum atomic E-state index is 0.190. The standard InChI is InChI=1S/C50H38N6/c1-5-19-46-38(13-1)39-14-2-6-20-47(39)55(46)36-29-35(30-37(31-36)56-48-21-7-3-15-40(48)41-16-4-8-22-49(41)56)33-23-25-34(26-24-33)44-32-45(42-17-9-11-27-51-42)54-50(53-44)43-18-10-12-28-52-43/h1-8,12-17,19-32,38,46H,9-11,18H2. The topological polar surface area (TPSA) is 58.7 Å². The Morgan fingerprint density at radius 3 is 2.12 bits per heavy atom. The highest BCUT2D eigenvalue weighted by molar-refractivity contribution is 6.09. The van der Waals surface area contributed by atoms with Crippen LogP contribution in [0.5, 0.6) is 0 Å². The van der Waals surface area contributed by atoms with Crippen LogP contribution in [0.3, 0.4) is 0 Å². The van der Waals surface area contributed by atoms with Crippen molar-refractivity contribution in [1.29, 1.82) is 0 Å². The Morgan fingerprint density at radius 1 is 0.607 bits per heavy atom. The number of para-hydroxylation sites is 3. The molecule has 0 spiro atoms. The molecule has 56 heavy (non-hydrogen) atoms. The first kappa shape index (κ1) is 32.5. The van der Waals surface area contributed by atoms with Gasteiger partial charge in [-0.3, -0.25) is 9.98 Å². The van der Waals surface area contributed by atoms with Crippen molar-refractivity contribution in [3.05, 3.63) is 181 Å². The molecule has 11 rings (SSSR count). The average Bonchev–Trinajstić information content (AvgIpc) is 3.80. The van der Waals surface area contributed by atoms with E-state index in [0.717, 1.165) is 76.5 Å². The van der Waals surface area contributed by atoms with Crippen LogP contribution in [0.1, 0.15) is 48.7 Å². The van der Waals surface area contributed by atoms with E-state index in [0.29, 0.717) is 11.7 Å². The quantitative estimate of drug-likeness (QED) is 0.172. The van der Waals surface area contributed by atoms with Crippen molar-refractivity contribution in [3.63, 3.8) is 0 Å². The maximum Gasteiger partial charge on any atom is 0.175 e. The average molecular weight is 723 g/mol. The Bertz CT molecular complexity index is 2830. The predicted molar refractivity (Wildman–Crippen MR) is 231 cm³/mol. The van der Waals surface area contributed by atoms with Gasteiger partial charge in [-0.1, -0.05) is 115 Å². The first-order chi connectivity index (χ1) is 27.8. The van der Waals surface area contributed by atoms with Gasteiger partial charge in [0.25, 0.3) is 0 Å². The summed E-state index contributed by atoms with van der Waals surface area (Å²) in [6, 6.07) is 44.5. The van der Waals surface area contributed by atoms with Crippen LogP contribution in [-0.4, -0.2) is 32.5 Å². The van der Waals surface area contributed by atoms with Crippen LogP contribution in [0.15, 0.2) is 174 Å². The minimum Gasteiger partial charge on any atom is -0.333 e. The van der Waals surface area contributed by atoms with Crippen LogP contribution in [0, 0.1) is 0 Å². The lowest BCUT2D eigenvalue weighted by molar-refractivity contribution is 0.744. The van der Waals surface area contributed by atoms with E-state index >= 15 is 0 Å². The maximum absolute atomic E-state index is 5.08. The summed E-state index contributed by atoms with van der Waals surface area (Å²) in [6.07, 6.45) is 20.8. The van der Waals surface area contributed by atoms with Crippen molar-refractivity contribution in [3.8, 4) is 28.1 Å². The van der Waals surface area contributed by atoms with Gasteiger partial charge in [0, 0.05) is 51.7 Å². The summed E-state index contributed by atoms with van der Waals surface area (Å²) in [4.78, 5) is 21.9. The molecule has 268 valence electrons. The highest BCUT2D eigenvalue weighted by atomic mass is 15.2. The second kappa shape index (κ2) is 13.4. The Hall–Kier alpha value is -6.92. The molecule has 7 aromatic rings. The lowest BCUT2D eigenvalue weighted by Crippen LogP contribution is -2.28. The van der Waals surface area contributed by atoms with E-state index in [1.54, 1.807) is 0 Å². The van der Waals surface area contributed by atoms with Gasteiger partial charge in [0.2, 0.25) is 0 Å². The van der Waals surface area contributed by atoms with Crippen molar-refractivity contribution >= 4 is 50.8 Å². The van der Waals surface area contributed by atoms with Gasteiger partial charge in [0.05, 0.1) is 39.9 Å². The largest absolute Gasteiger partial charge is 0.333 e. The van der Waals surface area contributed by atoms with Crippen LogP contribution in [0.4, 0.5) is 11.4 Å². The summed E-state index contributed by atoms with van der Waals surface area (Å²) < 4.78 is 2.43. The molecule has 0 bridgehead atoms. The zero-order chi connectivity index (χ0) is 37.0. The number of anilines is 2. The number of hydrogen-bond donors (Lipinski definition) is 0. The number of nitrogens with zero attached hydrogens (tertiary/aromatic N) is 6. The molecule has 0 N–H and O–H groups in total. The van der Waals surface area contributed by atoms with E-state index in [-0.39, 0.29) is 6.04 Å². The van der Waals surface area contributed by atoms with E-state index in [9.17, 15) is 0 Å². The summed E-state index contributed by atoms with van der Waals surface area (Å²) in [5, 5.41) is 2.50. The second-order valence-corrected chi connectivity index (χ2v) is 14.8. The summed E-state index contributed by atoms with van der Waals surface area (Å²) in [5.74, 6) is 0.969. The van der Waals surface area contributed by atoms with Gasteiger partial charge in [-0.15, -0.1) is 0 Å². The molecular weight excluding hydrogens is 685 g/mol.